The largest absolute Gasteiger partial charge is 0.389 e. The van der Waals surface area contributed by atoms with Crippen molar-refractivity contribution in [3.8, 4) is 5.69 Å². The lowest BCUT2D eigenvalue weighted by molar-refractivity contribution is 1.09. The highest BCUT2D eigenvalue weighted by atomic mass is 35.5. The summed E-state index contributed by atoms with van der Waals surface area (Å²) in [6.45, 7) is 0. The molecule has 1 aromatic heterocycles. The Hall–Kier alpha value is -1.91. The molecule has 5 heteroatoms. The van der Waals surface area contributed by atoms with E-state index in [1.807, 2.05) is 41.0 Å². The Morgan fingerprint density at radius 2 is 2.00 bits per heavy atom. The van der Waals surface area contributed by atoms with Crippen molar-refractivity contribution in [2.75, 3.05) is 0 Å². The van der Waals surface area contributed by atoms with Crippen LogP contribution in [0.2, 0.25) is 5.02 Å². The summed E-state index contributed by atoms with van der Waals surface area (Å²) in [7, 11) is 0. The zero-order valence-corrected chi connectivity index (χ0v) is 11.4. The van der Waals surface area contributed by atoms with Crippen LogP contribution in [0.1, 0.15) is 5.56 Å². The molecule has 3 aromatic rings. The van der Waals surface area contributed by atoms with Crippen molar-refractivity contribution in [1.29, 1.82) is 0 Å². The first kappa shape index (κ1) is 12.1. The standard InChI is InChI=1S/C14H10ClN3S/c15-10-7-9(14(16)19)5-6-12(10)18-8-17-11-3-1-2-4-13(11)18/h1-8H,(H2,16,19). The number of nitrogens with two attached hydrogens (primary N) is 1. The van der Waals surface area contributed by atoms with E-state index in [0.717, 1.165) is 22.3 Å². The molecule has 0 radical (unpaired) electrons. The van der Waals surface area contributed by atoms with Gasteiger partial charge in [0.1, 0.15) is 11.3 Å². The number of fused-ring (bicyclic) bond motifs is 1. The third-order valence-corrected chi connectivity index (χ3v) is 3.48. The summed E-state index contributed by atoms with van der Waals surface area (Å²) in [5.74, 6) is 0. The second-order valence-corrected chi connectivity index (χ2v) is 4.98. The second-order valence-electron chi connectivity index (χ2n) is 4.13. The highest BCUT2D eigenvalue weighted by Crippen LogP contribution is 2.25. The number of benzene rings is 2. The molecule has 0 saturated carbocycles. The maximum Gasteiger partial charge on any atom is 0.104 e. The van der Waals surface area contributed by atoms with E-state index >= 15 is 0 Å². The molecule has 0 spiro atoms. The van der Waals surface area contributed by atoms with Gasteiger partial charge in [-0.1, -0.05) is 36.0 Å². The molecule has 94 valence electrons. The predicted molar refractivity (Wildman–Crippen MR) is 82.0 cm³/mol. The van der Waals surface area contributed by atoms with E-state index in [-0.39, 0.29) is 0 Å². The van der Waals surface area contributed by atoms with Gasteiger partial charge in [-0.3, -0.25) is 4.57 Å². The van der Waals surface area contributed by atoms with Crippen LogP contribution >= 0.6 is 23.8 Å². The Bertz CT molecular complexity index is 779. The molecule has 0 saturated heterocycles. The average molecular weight is 288 g/mol. The Morgan fingerprint density at radius 1 is 1.21 bits per heavy atom. The van der Waals surface area contributed by atoms with E-state index in [1.54, 1.807) is 12.4 Å². The zero-order chi connectivity index (χ0) is 13.4. The van der Waals surface area contributed by atoms with Gasteiger partial charge in [0.25, 0.3) is 0 Å². The van der Waals surface area contributed by atoms with Crippen LogP contribution in [0.4, 0.5) is 0 Å². The number of thiocarbonyl (C=S) groups is 1. The lowest BCUT2D eigenvalue weighted by Gasteiger charge is -2.08. The van der Waals surface area contributed by atoms with Gasteiger partial charge in [-0.05, 0) is 30.3 Å². The fourth-order valence-corrected chi connectivity index (χ4v) is 2.41. The van der Waals surface area contributed by atoms with E-state index in [0.29, 0.717) is 10.0 Å². The van der Waals surface area contributed by atoms with Crippen molar-refractivity contribution in [1.82, 2.24) is 9.55 Å². The summed E-state index contributed by atoms with van der Waals surface area (Å²) in [4.78, 5) is 4.68. The molecule has 1 heterocycles. The fraction of sp³-hybridized carbons (Fsp3) is 0. The van der Waals surface area contributed by atoms with E-state index in [2.05, 4.69) is 4.98 Å². The molecule has 19 heavy (non-hydrogen) atoms. The van der Waals surface area contributed by atoms with Crippen LogP contribution in [0, 0.1) is 0 Å². The number of nitrogens with zero attached hydrogens (tertiary/aromatic N) is 2. The molecule has 2 N–H and O–H groups in total. The number of rotatable bonds is 2. The quantitative estimate of drug-likeness (QED) is 0.736. The molecule has 0 bridgehead atoms. The first-order valence-electron chi connectivity index (χ1n) is 5.68. The second kappa shape index (κ2) is 4.64. The molecule has 0 aliphatic carbocycles. The van der Waals surface area contributed by atoms with Gasteiger partial charge in [0.15, 0.2) is 0 Å². The van der Waals surface area contributed by atoms with E-state index < -0.39 is 0 Å². The van der Waals surface area contributed by atoms with Crippen molar-refractivity contribution >= 4 is 39.8 Å². The van der Waals surface area contributed by atoms with Crippen LogP contribution in [-0.2, 0) is 0 Å². The summed E-state index contributed by atoms with van der Waals surface area (Å²) >= 11 is 11.2. The summed E-state index contributed by atoms with van der Waals surface area (Å²) in [5.41, 5.74) is 9.14. The third-order valence-electron chi connectivity index (χ3n) is 2.95. The molecular formula is C14H10ClN3S. The zero-order valence-electron chi connectivity index (χ0n) is 9.88. The number of para-hydroxylation sites is 2. The van der Waals surface area contributed by atoms with Crippen molar-refractivity contribution < 1.29 is 0 Å². The molecule has 3 rings (SSSR count). The van der Waals surface area contributed by atoms with Gasteiger partial charge in [0.2, 0.25) is 0 Å². The fourth-order valence-electron chi connectivity index (χ4n) is 2.01. The predicted octanol–water partition coefficient (Wildman–Crippen LogP) is 3.31. The minimum atomic E-state index is 0.337. The first-order chi connectivity index (χ1) is 9.16. The van der Waals surface area contributed by atoms with Gasteiger partial charge >= 0.3 is 0 Å². The molecule has 0 aliphatic rings. The van der Waals surface area contributed by atoms with Gasteiger partial charge in [-0.25, -0.2) is 4.98 Å². The Balaban J connectivity index is 2.19. The van der Waals surface area contributed by atoms with E-state index in [9.17, 15) is 0 Å². The van der Waals surface area contributed by atoms with Crippen LogP contribution in [0.15, 0.2) is 48.8 Å². The van der Waals surface area contributed by atoms with Gasteiger partial charge in [0, 0.05) is 5.56 Å². The SMILES string of the molecule is NC(=S)c1ccc(-n2cnc3ccccc32)c(Cl)c1. The Morgan fingerprint density at radius 3 is 2.74 bits per heavy atom. The number of aromatic nitrogens is 2. The van der Waals surface area contributed by atoms with Crippen LogP contribution in [0.25, 0.3) is 16.7 Å². The topological polar surface area (TPSA) is 43.8 Å². The van der Waals surface area contributed by atoms with E-state index in [1.165, 1.54) is 0 Å². The van der Waals surface area contributed by atoms with Crippen LogP contribution in [0.3, 0.4) is 0 Å². The summed E-state index contributed by atoms with van der Waals surface area (Å²) < 4.78 is 1.95. The van der Waals surface area contributed by atoms with Gasteiger partial charge in [-0.15, -0.1) is 0 Å². The Labute approximate surface area is 120 Å². The number of imidazole rings is 1. The average Bonchev–Trinajstić information content (AvgIpc) is 2.82. The molecule has 0 atom stereocenters. The highest BCUT2D eigenvalue weighted by molar-refractivity contribution is 7.80. The lowest BCUT2D eigenvalue weighted by atomic mass is 10.2. The van der Waals surface area contributed by atoms with Gasteiger partial charge in [0.05, 0.1) is 21.7 Å². The van der Waals surface area contributed by atoms with Crippen molar-refractivity contribution in [3.63, 3.8) is 0 Å². The normalized spacial score (nSPS) is 10.8. The van der Waals surface area contributed by atoms with Crippen molar-refractivity contribution in [2.45, 2.75) is 0 Å². The molecule has 2 aromatic carbocycles. The van der Waals surface area contributed by atoms with E-state index in [4.69, 9.17) is 29.6 Å². The summed E-state index contributed by atoms with van der Waals surface area (Å²) in [6, 6.07) is 13.4. The van der Waals surface area contributed by atoms with Gasteiger partial charge < -0.3 is 5.73 Å². The number of hydrogen-bond donors (Lipinski definition) is 1. The summed E-state index contributed by atoms with van der Waals surface area (Å²) in [5, 5.41) is 0.591. The molecule has 0 amide bonds. The minimum absolute atomic E-state index is 0.337. The molecular weight excluding hydrogens is 278 g/mol. The molecule has 3 nitrogen and oxygen atoms in total. The van der Waals surface area contributed by atoms with Crippen LogP contribution in [-0.4, -0.2) is 14.5 Å². The molecule has 0 fully saturated rings. The highest BCUT2D eigenvalue weighted by Gasteiger charge is 2.08. The van der Waals surface area contributed by atoms with Crippen LogP contribution < -0.4 is 5.73 Å². The molecule has 0 unspecified atom stereocenters. The smallest absolute Gasteiger partial charge is 0.104 e. The third kappa shape index (κ3) is 2.09. The van der Waals surface area contributed by atoms with Crippen LogP contribution in [0.5, 0.6) is 0 Å². The van der Waals surface area contributed by atoms with Crippen molar-refractivity contribution in [2.24, 2.45) is 5.73 Å². The summed E-state index contributed by atoms with van der Waals surface area (Å²) in [6.07, 6.45) is 1.76. The number of halogens is 1. The minimum Gasteiger partial charge on any atom is -0.389 e. The monoisotopic (exact) mass is 287 g/mol. The lowest BCUT2D eigenvalue weighted by Crippen LogP contribution is -2.09. The number of hydrogen-bond acceptors (Lipinski definition) is 2. The van der Waals surface area contributed by atoms with Gasteiger partial charge in [-0.2, -0.15) is 0 Å². The maximum atomic E-state index is 6.30. The maximum absolute atomic E-state index is 6.30. The first-order valence-corrected chi connectivity index (χ1v) is 6.47. The van der Waals surface area contributed by atoms with Crippen molar-refractivity contribution in [3.05, 3.63) is 59.4 Å². The Kier molecular flexibility index (Phi) is 2.97. The molecule has 0 aliphatic heterocycles.